The lowest BCUT2D eigenvalue weighted by atomic mass is 9.95. The molecule has 0 saturated heterocycles. The lowest BCUT2D eigenvalue weighted by Crippen LogP contribution is -2.32. The van der Waals surface area contributed by atoms with Crippen LogP contribution in [0.15, 0.2) is 47.3 Å². The van der Waals surface area contributed by atoms with Gasteiger partial charge in [0.15, 0.2) is 23.0 Å². The van der Waals surface area contributed by atoms with Crippen molar-refractivity contribution in [2.75, 3.05) is 47.4 Å². The van der Waals surface area contributed by atoms with Crippen molar-refractivity contribution < 1.29 is 33.3 Å². The number of carbonyl (C=O) groups excluding carboxylic acids is 2. The largest absolute Gasteiger partial charge is 0.493 e. The van der Waals surface area contributed by atoms with Gasteiger partial charge in [-0.05, 0) is 77.8 Å². The zero-order valence-corrected chi connectivity index (χ0v) is 29.1. The number of methoxy groups -OCH3 is 5. The van der Waals surface area contributed by atoms with Crippen molar-refractivity contribution in [3.05, 3.63) is 69.4 Å². The molecular weight excluding hydrogens is 614 g/mol. The Morgan fingerprint density at radius 3 is 2.19 bits per heavy atom. The fourth-order valence-electron chi connectivity index (χ4n) is 6.25. The third-order valence-corrected chi connectivity index (χ3v) is 8.56. The second-order valence-electron chi connectivity index (χ2n) is 12.0. The van der Waals surface area contributed by atoms with Gasteiger partial charge in [0, 0.05) is 25.5 Å². The summed E-state index contributed by atoms with van der Waals surface area (Å²) < 4.78 is 27.9. The van der Waals surface area contributed by atoms with Gasteiger partial charge in [0.2, 0.25) is 23.0 Å². The van der Waals surface area contributed by atoms with Gasteiger partial charge in [-0.1, -0.05) is 26.0 Å². The third-order valence-electron chi connectivity index (χ3n) is 8.56. The Morgan fingerprint density at radius 1 is 0.854 bits per heavy atom. The molecule has 2 atom stereocenters. The first-order valence-corrected chi connectivity index (χ1v) is 16.1. The Morgan fingerprint density at radius 2 is 1.56 bits per heavy atom. The molecule has 2 unspecified atom stereocenters. The summed E-state index contributed by atoms with van der Waals surface area (Å²) in [5.74, 6) is 2.54. The summed E-state index contributed by atoms with van der Waals surface area (Å²) in [5.41, 5.74) is 4.24. The van der Waals surface area contributed by atoms with E-state index >= 15 is 0 Å². The van der Waals surface area contributed by atoms with Crippen molar-refractivity contribution >= 4 is 17.5 Å². The average molecular weight is 662 g/mol. The van der Waals surface area contributed by atoms with Gasteiger partial charge in [0.1, 0.15) is 0 Å². The van der Waals surface area contributed by atoms with Crippen molar-refractivity contribution in [2.24, 2.45) is 5.92 Å². The topological polar surface area (TPSA) is 133 Å². The Labute approximate surface area is 282 Å². The number of amides is 2. The van der Waals surface area contributed by atoms with E-state index in [4.69, 9.17) is 23.7 Å². The van der Waals surface area contributed by atoms with Crippen LogP contribution in [-0.2, 0) is 16.0 Å². The van der Waals surface area contributed by atoms with Crippen LogP contribution in [0.4, 0.5) is 5.69 Å². The van der Waals surface area contributed by atoms with Gasteiger partial charge in [0.25, 0.3) is 0 Å². The number of nitrogens with one attached hydrogen (secondary N) is 3. The van der Waals surface area contributed by atoms with Crippen LogP contribution in [0.1, 0.15) is 68.8 Å². The highest BCUT2D eigenvalue weighted by Gasteiger charge is 2.29. The van der Waals surface area contributed by atoms with Crippen LogP contribution in [0.3, 0.4) is 0 Å². The number of anilines is 1. The van der Waals surface area contributed by atoms with E-state index in [1.807, 2.05) is 44.2 Å². The lowest BCUT2D eigenvalue weighted by Gasteiger charge is -2.24. The van der Waals surface area contributed by atoms with Crippen molar-refractivity contribution in [3.8, 4) is 39.9 Å². The van der Waals surface area contributed by atoms with Crippen molar-refractivity contribution in [2.45, 2.75) is 58.5 Å². The fraction of sp³-hybridized carbons (Fsp3) is 0.432. The second kappa shape index (κ2) is 16.3. The molecule has 0 fully saturated rings. The molecule has 3 aromatic carbocycles. The van der Waals surface area contributed by atoms with Crippen molar-refractivity contribution in [1.82, 2.24) is 10.6 Å². The first kappa shape index (κ1) is 35.9. The molecule has 0 spiro atoms. The molecule has 0 bridgehead atoms. The maximum absolute atomic E-state index is 13.6. The Kier molecular flexibility index (Phi) is 12.2. The van der Waals surface area contributed by atoms with E-state index in [-0.39, 0.29) is 35.6 Å². The average Bonchev–Trinajstić information content (AvgIpc) is 3.32. The van der Waals surface area contributed by atoms with E-state index in [9.17, 15) is 14.4 Å². The third kappa shape index (κ3) is 7.95. The minimum atomic E-state index is -0.400. The van der Waals surface area contributed by atoms with Gasteiger partial charge >= 0.3 is 0 Å². The summed E-state index contributed by atoms with van der Waals surface area (Å²) in [6.45, 7) is 5.96. The smallest absolute Gasteiger partial charge is 0.220 e. The molecule has 1 aliphatic carbocycles. The number of ether oxygens (including phenoxy) is 5. The van der Waals surface area contributed by atoms with Crippen LogP contribution in [0.25, 0.3) is 11.1 Å². The molecule has 4 rings (SSSR count). The molecule has 0 saturated carbocycles. The molecule has 11 nitrogen and oxygen atoms in total. The minimum Gasteiger partial charge on any atom is -0.493 e. The molecule has 3 N–H and O–H groups in total. The highest BCUT2D eigenvalue weighted by atomic mass is 16.5. The molecule has 48 heavy (non-hydrogen) atoms. The molecule has 0 heterocycles. The van der Waals surface area contributed by atoms with Crippen LogP contribution < -0.4 is 45.1 Å². The SMILES string of the molecule is COc1ccc(C(NC(=O)CCCNc2ccc3c(cc2=O)C(NC(C)=O)CCc2cc(OC)c(OC)c(OC)c2-3)C(C)C)cc1OC. The van der Waals surface area contributed by atoms with E-state index in [0.717, 1.165) is 22.3 Å². The standard InChI is InChI=1S/C37H47N3O8/c1-21(2)35(24-12-16-30(44-4)31(19-24)45-5)40-33(43)10-9-17-38-28-15-13-25-26(20-29(28)42)27(39-22(3)41)14-11-23-18-32(46-6)36(47-7)37(48-8)34(23)25/h12-13,15-16,18-21,27,35H,9-11,14,17H2,1-8H3,(H,38,42)(H,39,41)(H,40,43). The molecule has 3 aromatic rings. The van der Waals surface area contributed by atoms with Crippen LogP contribution in [0, 0.1) is 5.92 Å². The molecule has 11 heteroatoms. The molecule has 1 aliphatic rings. The van der Waals surface area contributed by atoms with Gasteiger partial charge in [-0.15, -0.1) is 0 Å². The number of benzene rings is 2. The summed E-state index contributed by atoms with van der Waals surface area (Å²) in [6.07, 6.45) is 1.95. The van der Waals surface area contributed by atoms with Gasteiger partial charge in [0.05, 0.1) is 53.3 Å². The number of fused-ring (bicyclic) bond motifs is 3. The number of hydrogen-bond acceptors (Lipinski definition) is 9. The summed E-state index contributed by atoms with van der Waals surface area (Å²) in [6, 6.07) is 12.1. The molecule has 258 valence electrons. The van der Waals surface area contributed by atoms with Crippen LogP contribution in [0.2, 0.25) is 0 Å². The van der Waals surface area contributed by atoms with Gasteiger partial charge in [-0.25, -0.2) is 0 Å². The minimum absolute atomic E-state index is 0.0933. The van der Waals surface area contributed by atoms with Crippen LogP contribution >= 0.6 is 0 Å². The quantitative estimate of drug-likeness (QED) is 0.189. The number of aryl methyl sites for hydroxylation is 1. The van der Waals surface area contributed by atoms with E-state index in [1.165, 1.54) is 6.92 Å². The molecule has 2 amide bonds. The molecule has 0 aromatic heterocycles. The van der Waals surface area contributed by atoms with E-state index in [0.29, 0.717) is 65.8 Å². The molecule has 0 aliphatic heterocycles. The molecular formula is C37H47N3O8. The number of rotatable bonds is 14. The predicted octanol–water partition coefficient (Wildman–Crippen LogP) is 5.59. The van der Waals surface area contributed by atoms with Gasteiger partial charge in [-0.3, -0.25) is 14.4 Å². The fourth-order valence-corrected chi connectivity index (χ4v) is 6.25. The maximum atomic E-state index is 13.6. The highest BCUT2D eigenvalue weighted by molar-refractivity contribution is 5.84. The summed E-state index contributed by atoms with van der Waals surface area (Å²) in [4.78, 5) is 38.8. The van der Waals surface area contributed by atoms with E-state index in [2.05, 4.69) is 16.0 Å². The Balaban J connectivity index is 1.56. The highest BCUT2D eigenvalue weighted by Crippen LogP contribution is 2.50. The van der Waals surface area contributed by atoms with Gasteiger partial charge < -0.3 is 39.6 Å². The van der Waals surface area contributed by atoms with Crippen molar-refractivity contribution in [1.29, 1.82) is 0 Å². The Hall–Kier alpha value is -4.93. The number of hydrogen-bond donors (Lipinski definition) is 3. The summed E-state index contributed by atoms with van der Waals surface area (Å²) >= 11 is 0. The van der Waals surface area contributed by atoms with Crippen LogP contribution in [0.5, 0.6) is 28.7 Å². The monoisotopic (exact) mass is 661 g/mol. The number of carbonyl (C=O) groups is 2. The second-order valence-corrected chi connectivity index (χ2v) is 12.0. The first-order chi connectivity index (χ1) is 23.1. The summed E-state index contributed by atoms with van der Waals surface area (Å²) in [7, 11) is 7.85. The first-order valence-electron chi connectivity index (χ1n) is 16.1. The molecule has 0 radical (unpaired) electrons. The zero-order valence-electron chi connectivity index (χ0n) is 29.1. The Bertz CT molecular complexity index is 1690. The van der Waals surface area contributed by atoms with E-state index < -0.39 is 6.04 Å². The maximum Gasteiger partial charge on any atom is 0.220 e. The predicted molar refractivity (Wildman–Crippen MR) is 186 cm³/mol. The van der Waals surface area contributed by atoms with Crippen LogP contribution in [-0.4, -0.2) is 53.9 Å². The van der Waals surface area contributed by atoms with E-state index in [1.54, 1.807) is 47.7 Å². The lowest BCUT2D eigenvalue weighted by molar-refractivity contribution is -0.122. The zero-order chi connectivity index (χ0) is 35.0. The van der Waals surface area contributed by atoms with Gasteiger partial charge in [-0.2, -0.15) is 0 Å². The van der Waals surface area contributed by atoms with Crippen molar-refractivity contribution in [3.63, 3.8) is 0 Å². The summed E-state index contributed by atoms with van der Waals surface area (Å²) in [5, 5.41) is 9.39. The normalized spacial score (nSPS) is 14.1.